The quantitative estimate of drug-likeness (QED) is 0.819. The molecule has 1 atom stereocenters. The Bertz CT molecular complexity index is 686. The molecule has 3 aliphatic heterocycles. The summed E-state index contributed by atoms with van der Waals surface area (Å²) in [5, 5.41) is 0. The van der Waals surface area contributed by atoms with Crippen molar-refractivity contribution in [3.63, 3.8) is 0 Å². The zero-order valence-corrected chi connectivity index (χ0v) is 15.5. The molecule has 2 fully saturated rings. The van der Waals surface area contributed by atoms with Crippen LogP contribution in [-0.2, 0) is 21.4 Å². The molecule has 1 amide bonds. The molecule has 4 rings (SSSR count). The van der Waals surface area contributed by atoms with Gasteiger partial charge in [0.15, 0.2) is 0 Å². The zero-order valence-electron chi connectivity index (χ0n) is 15.5. The van der Waals surface area contributed by atoms with Crippen molar-refractivity contribution in [1.82, 2.24) is 14.9 Å². The molecule has 6 nitrogen and oxygen atoms in total. The van der Waals surface area contributed by atoms with Crippen LogP contribution in [0.15, 0.2) is 0 Å². The number of amides is 1. The minimum Gasteiger partial charge on any atom is -0.381 e. The fraction of sp³-hybridized carbons (Fsp3) is 0.737. The molecule has 6 heteroatoms. The summed E-state index contributed by atoms with van der Waals surface area (Å²) in [6.07, 6.45) is 4.95. The first-order valence-electron chi connectivity index (χ1n) is 9.44. The number of hydrogen-bond donors (Lipinski definition) is 0. The van der Waals surface area contributed by atoms with Crippen molar-refractivity contribution in [2.75, 3.05) is 38.3 Å². The maximum Gasteiger partial charge on any atom is 0.232 e. The van der Waals surface area contributed by atoms with Crippen LogP contribution < -0.4 is 4.90 Å². The van der Waals surface area contributed by atoms with E-state index in [1.807, 2.05) is 14.0 Å². The lowest BCUT2D eigenvalue weighted by Crippen LogP contribution is -2.51. The van der Waals surface area contributed by atoms with Crippen LogP contribution in [0.1, 0.15) is 49.7 Å². The number of nitrogens with zero attached hydrogens (tertiary/aromatic N) is 4. The number of ether oxygens (including phenoxy) is 1. The third-order valence-corrected chi connectivity index (χ3v) is 6.18. The number of carbonyl (C=O) groups excluding carboxylic acids is 1. The second-order valence-electron chi connectivity index (χ2n) is 8.04. The van der Waals surface area contributed by atoms with Crippen molar-refractivity contribution < 1.29 is 9.53 Å². The molecule has 136 valence electrons. The van der Waals surface area contributed by atoms with E-state index in [2.05, 4.69) is 11.8 Å². The summed E-state index contributed by atoms with van der Waals surface area (Å²) in [5.41, 5.74) is 1.90. The Kier molecular flexibility index (Phi) is 4.28. The van der Waals surface area contributed by atoms with Crippen LogP contribution in [0.2, 0.25) is 0 Å². The average molecular weight is 344 g/mol. The number of anilines is 1. The first kappa shape index (κ1) is 16.9. The third kappa shape index (κ3) is 2.95. The van der Waals surface area contributed by atoms with E-state index in [1.165, 1.54) is 6.42 Å². The lowest BCUT2D eigenvalue weighted by molar-refractivity contribution is -0.117. The summed E-state index contributed by atoms with van der Waals surface area (Å²) in [7, 11) is 1.82. The Hall–Kier alpha value is -1.53. The summed E-state index contributed by atoms with van der Waals surface area (Å²) >= 11 is 0. The molecule has 0 aliphatic carbocycles. The number of fused-ring (bicyclic) bond motifs is 1. The highest BCUT2D eigenvalue weighted by Gasteiger charge is 2.39. The van der Waals surface area contributed by atoms with Crippen LogP contribution in [0, 0.1) is 6.92 Å². The number of hydrogen-bond acceptors (Lipinski definition) is 5. The average Bonchev–Trinajstić information content (AvgIpc) is 2.91. The van der Waals surface area contributed by atoms with Crippen LogP contribution >= 0.6 is 0 Å². The molecule has 0 N–H and O–H groups in total. The van der Waals surface area contributed by atoms with Gasteiger partial charge in [0.1, 0.15) is 11.6 Å². The summed E-state index contributed by atoms with van der Waals surface area (Å²) in [4.78, 5) is 26.1. The van der Waals surface area contributed by atoms with Crippen molar-refractivity contribution >= 4 is 11.7 Å². The first-order valence-corrected chi connectivity index (χ1v) is 9.44. The normalized spacial score (nSPS) is 28.4. The molecular formula is C19H28N4O2. The topological polar surface area (TPSA) is 58.6 Å². The molecule has 1 aromatic heterocycles. The SMILES string of the molecule is Cc1nc([C@]2(C)CCCN(C3CCOCC3)C2)nc2c1CC(=O)N2C. The molecule has 25 heavy (non-hydrogen) atoms. The van der Waals surface area contributed by atoms with Crippen LogP contribution in [0.3, 0.4) is 0 Å². The minimum absolute atomic E-state index is 0.0528. The molecule has 0 aromatic carbocycles. The maximum atomic E-state index is 12.0. The molecule has 0 saturated carbocycles. The molecule has 1 aromatic rings. The van der Waals surface area contributed by atoms with Crippen molar-refractivity contribution in [2.45, 2.75) is 57.4 Å². The third-order valence-electron chi connectivity index (χ3n) is 6.18. The van der Waals surface area contributed by atoms with Gasteiger partial charge in [-0.2, -0.15) is 0 Å². The van der Waals surface area contributed by atoms with Crippen LogP contribution in [0.5, 0.6) is 0 Å². The second kappa shape index (κ2) is 6.32. The molecule has 0 spiro atoms. The summed E-state index contributed by atoms with van der Waals surface area (Å²) in [6, 6.07) is 0.619. The van der Waals surface area contributed by atoms with Gasteiger partial charge in [-0.15, -0.1) is 0 Å². The summed E-state index contributed by atoms with van der Waals surface area (Å²) < 4.78 is 5.53. The number of likely N-dealkylation sites (tertiary alicyclic amines) is 1. The summed E-state index contributed by atoms with van der Waals surface area (Å²) in [5.74, 6) is 1.83. The van der Waals surface area contributed by atoms with Gasteiger partial charge in [-0.25, -0.2) is 9.97 Å². The number of rotatable bonds is 2. The highest BCUT2D eigenvalue weighted by molar-refractivity contribution is 5.99. The highest BCUT2D eigenvalue weighted by atomic mass is 16.5. The molecule has 3 aliphatic rings. The molecule has 0 bridgehead atoms. The van der Waals surface area contributed by atoms with Gasteiger partial charge in [-0.05, 0) is 39.2 Å². The molecule has 4 heterocycles. The van der Waals surface area contributed by atoms with E-state index < -0.39 is 0 Å². The smallest absolute Gasteiger partial charge is 0.232 e. The van der Waals surface area contributed by atoms with E-state index in [1.54, 1.807) is 4.90 Å². The van der Waals surface area contributed by atoms with Crippen molar-refractivity contribution in [3.8, 4) is 0 Å². The van der Waals surface area contributed by atoms with E-state index >= 15 is 0 Å². The fourth-order valence-electron chi connectivity index (χ4n) is 4.55. The first-order chi connectivity index (χ1) is 12.0. The van der Waals surface area contributed by atoms with E-state index in [0.29, 0.717) is 12.5 Å². The van der Waals surface area contributed by atoms with E-state index in [4.69, 9.17) is 14.7 Å². The predicted molar refractivity (Wildman–Crippen MR) is 95.9 cm³/mol. The lowest BCUT2D eigenvalue weighted by atomic mass is 9.80. The monoisotopic (exact) mass is 344 g/mol. The Labute approximate surface area is 149 Å². The van der Waals surface area contributed by atoms with Gasteiger partial charge < -0.3 is 4.74 Å². The van der Waals surface area contributed by atoms with Gasteiger partial charge in [-0.1, -0.05) is 6.92 Å². The minimum atomic E-state index is -0.0528. The van der Waals surface area contributed by atoms with Crippen LogP contribution in [-0.4, -0.2) is 60.2 Å². The van der Waals surface area contributed by atoms with Gasteiger partial charge in [0, 0.05) is 49.5 Å². The van der Waals surface area contributed by atoms with Crippen molar-refractivity contribution in [2.24, 2.45) is 0 Å². The number of aryl methyl sites for hydroxylation is 1. The Morgan fingerprint density at radius 1 is 1.24 bits per heavy atom. The number of carbonyl (C=O) groups is 1. The Morgan fingerprint density at radius 2 is 2.00 bits per heavy atom. The molecular weight excluding hydrogens is 316 g/mol. The predicted octanol–water partition coefficient (Wildman–Crippen LogP) is 1.84. The Morgan fingerprint density at radius 3 is 2.76 bits per heavy atom. The fourth-order valence-corrected chi connectivity index (χ4v) is 4.55. The van der Waals surface area contributed by atoms with Gasteiger partial charge in [0.2, 0.25) is 5.91 Å². The van der Waals surface area contributed by atoms with Gasteiger partial charge >= 0.3 is 0 Å². The largest absolute Gasteiger partial charge is 0.381 e. The lowest BCUT2D eigenvalue weighted by Gasteiger charge is -2.44. The number of likely N-dealkylation sites (N-methyl/N-ethyl adjacent to an activating group) is 1. The number of piperidine rings is 1. The highest BCUT2D eigenvalue weighted by Crippen LogP contribution is 2.36. The number of aromatic nitrogens is 2. The molecule has 2 saturated heterocycles. The molecule has 0 unspecified atom stereocenters. The van der Waals surface area contributed by atoms with Gasteiger partial charge in [-0.3, -0.25) is 14.6 Å². The van der Waals surface area contributed by atoms with Crippen molar-refractivity contribution in [3.05, 3.63) is 17.1 Å². The Balaban J connectivity index is 1.62. The zero-order chi connectivity index (χ0) is 17.6. The van der Waals surface area contributed by atoms with Gasteiger partial charge in [0.25, 0.3) is 0 Å². The van der Waals surface area contributed by atoms with Crippen molar-refractivity contribution in [1.29, 1.82) is 0 Å². The van der Waals surface area contributed by atoms with Gasteiger partial charge in [0.05, 0.1) is 6.42 Å². The van der Waals surface area contributed by atoms with E-state index in [9.17, 15) is 4.79 Å². The summed E-state index contributed by atoms with van der Waals surface area (Å²) in [6.45, 7) is 8.20. The molecule has 0 radical (unpaired) electrons. The maximum absolute atomic E-state index is 12.0. The second-order valence-corrected chi connectivity index (χ2v) is 8.04. The standard InChI is InChI=1S/C19H28N4O2/c1-13-15-11-16(24)22(3)17(15)21-18(20-13)19(2)7-4-8-23(12-19)14-5-9-25-10-6-14/h14H,4-12H2,1-3H3/t19-/m1/s1. The van der Waals surface area contributed by atoms with E-state index in [-0.39, 0.29) is 11.3 Å². The van der Waals surface area contributed by atoms with Crippen LogP contribution in [0.25, 0.3) is 0 Å². The van der Waals surface area contributed by atoms with Crippen LogP contribution in [0.4, 0.5) is 5.82 Å². The van der Waals surface area contributed by atoms with E-state index in [0.717, 1.165) is 68.5 Å².